The number of rotatable bonds is 5. The zero-order valence-corrected chi connectivity index (χ0v) is 11.7. The van der Waals surface area contributed by atoms with Crippen LogP contribution in [0.4, 0.5) is 5.82 Å². The summed E-state index contributed by atoms with van der Waals surface area (Å²) in [4.78, 5) is 10.8. The molecule has 1 aliphatic rings. The molecule has 1 saturated heterocycles. The lowest BCUT2D eigenvalue weighted by Gasteiger charge is -2.37. The first-order valence-corrected chi connectivity index (χ1v) is 6.57. The maximum Gasteiger partial charge on any atom is 0.234 e. The fourth-order valence-electron chi connectivity index (χ4n) is 2.22. The van der Waals surface area contributed by atoms with E-state index in [4.69, 9.17) is 14.2 Å². The van der Waals surface area contributed by atoms with Gasteiger partial charge in [-0.25, -0.2) is 0 Å². The van der Waals surface area contributed by atoms with Gasteiger partial charge in [-0.2, -0.15) is 4.98 Å². The lowest BCUT2D eigenvalue weighted by Crippen LogP contribution is -2.48. The van der Waals surface area contributed by atoms with Crippen molar-refractivity contribution in [2.24, 2.45) is 0 Å². The highest BCUT2D eigenvalue weighted by atomic mass is 16.5. The van der Waals surface area contributed by atoms with Crippen molar-refractivity contribution in [1.29, 1.82) is 0 Å². The van der Waals surface area contributed by atoms with Gasteiger partial charge in [-0.3, -0.25) is 4.98 Å². The van der Waals surface area contributed by atoms with E-state index >= 15 is 0 Å². The molecular formula is C13H21N3O3. The van der Waals surface area contributed by atoms with Crippen LogP contribution < -0.4 is 9.64 Å². The van der Waals surface area contributed by atoms with Gasteiger partial charge in [0, 0.05) is 20.2 Å². The average molecular weight is 267 g/mol. The molecule has 1 fully saturated rings. The van der Waals surface area contributed by atoms with E-state index in [9.17, 15) is 0 Å². The van der Waals surface area contributed by atoms with Crippen LogP contribution in [0.1, 0.15) is 13.8 Å². The molecular weight excluding hydrogens is 246 g/mol. The minimum atomic E-state index is 0.0614. The maximum absolute atomic E-state index is 5.81. The third-order valence-corrected chi connectivity index (χ3v) is 2.89. The van der Waals surface area contributed by atoms with E-state index < -0.39 is 0 Å². The van der Waals surface area contributed by atoms with Gasteiger partial charge in [0.25, 0.3) is 0 Å². The molecule has 0 bridgehead atoms. The normalized spacial score (nSPS) is 23.4. The Kier molecular flexibility index (Phi) is 4.93. The van der Waals surface area contributed by atoms with Crippen LogP contribution in [0.25, 0.3) is 0 Å². The molecule has 0 N–H and O–H groups in total. The predicted octanol–water partition coefficient (Wildman–Crippen LogP) is 1.12. The molecule has 1 aromatic rings. The first-order chi connectivity index (χ1) is 9.22. The van der Waals surface area contributed by atoms with Crippen LogP contribution in [-0.4, -0.2) is 55.6 Å². The monoisotopic (exact) mass is 267 g/mol. The number of methoxy groups -OCH3 is 1. The van der Waals surface area contributed by atoms with Crippen molar-refractivity contribution in [2.75, 3.05) is 38.3 Å². The molecule has 0 aromatic carbocycles. The van der Waals surface area contributed by atoms with Gasteiger partial charge in [-0.15, -0.1) is 0 Å². The second kappa shape index (κ2) is 6.68. The Balaban J connectivity index is 2.08. The molecule has 0 amide bonds. The SMILES string of the molecule is CCOc1cncc(N2CC(C)OC(COC)C2)n1. The van der Waals surface area contributed by atoms with Crippen LogP contribution in [0, 0.1) is 0 Å². The van der Waals surface area contributed by atoms with Crippen molar-refractivity contribution in [3.8, 4) is 5.88 Å². The lowest BCUT2D eigenvalue weighted by atomic mass is 10.2. The van der Waals surface area contributed by atoms with E-state index in [0.29, 0.717) is 19.1 Å². The zero-order valence-electron chi connectivity index (χ0n) is 11.7. The minimum absolute atomic E-state index is 0.0614. The fraction of sp³-hybridized carbons (Fsp3) is 0.692. The highest BCUT2D eigenvalue weighted by molar-refractivity contribution is 5.38. The standard InChI is InChI=1S/C13H21N3O3/c1-4-18-13-6-14-5-12(15-13)16-7-10(2)19-11(8-16)9-17-3/h5-6,10-11H,4,7-9H2,1-3H3. The van der Waals surface area contributed by atoms with Gasteiger partial charge in [0.1, 0.15) is 0 Å². The third kappa shape index (κ3) is 3.78. The highest BCUT2D eigenvalue weighted by Crippen LogP contribution is 2.19. The van der Waals surface area contributed by atoms with Gasteiger partial charge in [-0.05, 0) is 13.8 Å². The van der Waals surface area contributed by atoms with Gasteiger partial charge in [0.15, 0.2) is 5.82 Å². The molecule has 2 atom stereocenters. The Morgan fingerprint density at radius 1 is 1.42 bits per heavy atom. The van der Waals surface area contributed by atoms with Crippen molar-refractivity contribution in [2.45, 2.75) is 26.1 Å². The zero-order chi connectivity index (χ0) is 13.7. The number of aromatic nitrogens is 2. The molecule has 1 aliphatic heterocycles. The second-order valence-electron chi connectivity index (χ2n) is 4.58. The van der Waals surface area contributed by atoms with Crippen LogP contribution in [0.3, 0.4) is 0 Å². The molecule has 2 unspecified atom stereocenters. The van der Waals surface area contributed by atoms with E-state index in [1.165, 1.54) is 0 Å². The van der Waals surface area contributed by atoms with E-state index in [0.717, 1.165) is 18.9 Å². The summed E-state index contributed by atoms with van der Waals surface area (Å²) in [6, 6.07) is 0. The molecule has 19 heavy (non-hydrogen) atoms. The predicted molar refractivity (Wildman–Crippen MR) is 71.6 cm³/mol. The van der Waals surface area contributed by atoms with E-state index in [2.05, 4.69) is 21.8 Å². The first kappa shape index (κ1) is 14.0. The molecule has 2 heterocycles. The number of anilines is 1. The summed E-state index contributed by atoms with van der Waals surface area (Å²) in [6.45, 7) is 6.70. The van der Waals surface area contributed by atoms with E-state index in [1.807, 2.05) is 6.92 Å². The number of nitrogens with zero attached hydrogens (tertiary/aromatic N) is 3. The van der Waals surface area contributed by atoms with Crippen molar-refractivity contribution in [1.82, 2.24) is 9.97 Å². The lowest BCUT2D eigenvalue weighted by molar-refractivity contribution is -0.0513. The topological polar surface area (TPSA) is 56.7 Å². The highest BCUT2D eigenvalue weighted by Gasteiger charge is 2.26. The molecule has 0 radical (unpaired) electrons. The van der Waals surface area contributed by atoms with Gasteiger partial charge in [0.05, 0.1) is 37.8 Å². The Labute approximate surface area is 113 Å². The molecule has 6 heteroatoms. The summed E-state index contributed by atoms with van der Waals surface area (Å²) in [5, 5.41) is 0. The summed E-state index contributed by atoms with van der Waals surface area (Å²) in [5.41, 5.74) is 0. The number of morpholine rings is 1. The largest absolute Gasteiger partial charge is 0.477 e. The Hall–Kier alpha value is -1.40. The quantitative estimate of drug-likeness (QED) is 0.796. The van der Waals surface area contributed by atoms with Gasteiger partial charge in [0.2, 0.25) is 5.88 Å². The van der Waals surface area contributed by atoms with Crippen molar-refractivity contribution >= 4 is 5.82 Å². The van der Waals surface area contributed by atoms with Gasteiger partial charge in [-0.1, -0.05) is 0 Å². The minimum Gasteiger partial charge on any atom is -0.477 e. The second-order valence-corrected chi connectivity index (χ2v) is 4.58. The molecule has 6 nitrogen and oxygen atoms in total. The summed E-state index contributed by atoms with van der Waals surface area (Å²) in [5.74, 6) is 1.38. The first-order valence-electron chi connectivity index (χ1n) is 6.57. The molecule has 1 aromatic heterocycles. The maximum atomic E-state index is 5.81. The molecule has 0 saturated carbocycles. The van der Waals surface area contributed by atoms with Gasteiger partial charge < -0.3 is 19.1 Å². The van der Waals surface area contributed by atoms with Gasteiger partial charge >= 0.3 is 0 Å². The van der Waals surface area contributed by atoms with Crippen molar-refractivity contribution in [3.05, 3.63) is 12.4 Å². The average Bonchev–Trinajstić information content (AvgIpc) is 2.39. The fourth-order valence-corrected chi connectivity index (χ4v) is 2.22. The Morgan fingerprint density at radius 3 is 3.00 bits per heavy atom. The molecule has 106 valence electrons. The molecule has 0 spiro atoms. The van der Waals surface area contributed by atoms with Crippen LogP contribution in [-0.2, 0) is 9.47 Å². The summed E-state index contributed by atoms with van der Waals surface area (Å²) in [6.07, 6.45) is 3.59. The van der Waals surface area contributed by atoms with Crippen LogP contribution in [0.5, 0.6) is 5.88 Å². The number of hydrogen-bond acceptors (Lipinski definition) is 6. The smallest absolute Gasteiger partial charge is 0.234 e. The van der Waals surface area contributed by atoms with E-state index in [-0.39, 0.29) is 12.2 Å². The summed E-state index contributed by atoms with van der Waals surface area (Å²) < 4.78 is 16.4. The number of hydrogen-bond donors (Lipinski definition) is 0. The molecule has 0 aliphatic carbocycles. The van der Waals surface area contributed by atoms with E-state index in [1.54, 1.807) is 19.5 Å². The van der Waals surface area contributed by atoms with Crippen molar-refractivity contribution in [3.63, 3.8) is 0 Å². The summed E-state index contributed by atoms with van der Waals surface area (Å²) >= 11 is 0. The Morgan fingerprint density at radius 2 is 2.26 bits per heavy atom. The third-order valence-electron chi connectivity index (χ3n) is 2.89. The van der Waals surface area contributed by atoms with Crippen LogP contribution in [0.15, 0.2) is 12.4 Å². The van der Waals surface area contributed by atoms with Crippen LogP contribution in [0.2, 0.25) is 0 Å². The Bertz CT molecular complexity index is 402. The van der Waals surface area contributed by atoms with Crippen molar-refractivity contribution < 1.29 is 14.2 Å². The van der Waals surface area contributed by atoms with Crippen LogP contribution >= 0.6 is 0 Å². The summed E-state index contributed by atoms with van der Waals surface area (Å²) in [7, 11) is 1.68. The molecule has 2 rings (SSSR count). The number of ether oxygens (including phenoxy) is 3.